The van der Waals surface area contributed by atoms with Crippen LogP contribution in [0.3, 0.4) is 0 Å². The van der Waals surface area contributed by atoms with Crippen LogP contribution in [0.25, 0.3) is 0 Å². The van der Waals surface area contributed by atoms with Crippen LogP contribution in [0, 0.1) is 17.6 Å². The average Bonchev–Trinajstić information content (AvgIpc) is 2.41. The second-order valence-electron chi connectivity index (χ2n) is 5.38. The predicted molar refractivity (Wildman–Crippen MR) is 76.8 cm³/mol. The molecule has 1 aromatic rings. The van der Waals surface area contributed by atoms with Crippen molar-refractivity contribution in [3.63, 3.8) is 0 Å². The van der Waals surface area contributed by atoms with Crippen molar-refractivity contribution in [2.45, 2.75) is 19.4 Å². The van der Waals surface area contributed by atoms with Gasteiger partial charge in [-0.05, 0) is 6.07 Å². The van der Waals surface area contributed by atoms with E-state index in [2.05, 4.69) is 4.18 Å². The molecule has 0 aromatic heterocycles. The first-order valence-corrected chi connectivity index (χ1v) is 8.45. The second kappa shape index (κ2) is 7.33. The Hall–Kier alpha value is -1.58. The number of hydrogen-bond acceptors (Lipinski definition) is 6. The Balaban J connectivity index is 3.11. The van der Waals surface area contributed by atoms with Gasteiger partial charge in [-0.15, -0.1) is 0 Å². The predicted octanol–water partition coefficient (Wildman–Crippen LogP) is 1.33. The second-order valence-corrected chi connectivity index (χ2v) is 7.03. The Kier molecular flexibility index (Phi) is 6.20. The van der Waals surface area contributed by atoms with Crippen molar-refractivity contribution in [3.8, 4) is 0 Å². The smallest absolute Gasteiger partial charge is 0.308 e. The molecule has 0 saturated carbocycles. The highest BCUT2D eigenvalue weighted by Crippen LogP contribution is 2.26. The fourth-order valence-electron chi connectivity index (χ4n) is 1.63. The molecule has 1 aromatic carbocycles. The molecule has 0 aliphatic carbocycles. The number of carbonyl (C=O) groups excluding carboxylic acids is 1. The van der Waals surface area contributed by atoms with Crippen LogP contribution in [0.1, 0.15) is 19.4 Å². The molecular weight excluding hydrogens is 334 g/mol. The van der Waals surface area contributed by atoms with E-state index in [1.54, 1.807) is 13.8 Å². The molecule has 0 unspecified atom stereocenters. The van der Waals surface area contributed by atoms with Crippen LogP contribution in [0.4, 0.5) is 8.78 Å². The molecule has 6 nitrogen and oxygen atoms in total. The number of rotatable bonds is 7. The summed E-state index contributed by atoms with van der Waals surface area (Å²) in [6, 6.07) is 2.33. The fraction of sp³-hybridized carbons (Fsp3) is 0.500. The Morgan fingerprint density at radius 1 is 1.30 bits per heavy atom. The minimum Gasteiger partial charge on any atom is -0.462 e. The molecule has 1 N–H and O–H groups in total. The zero-order chi connectivity index (χ0) is 17.8. The van der Waals surface area contributed by atoms with E-state index in [1.165, 1.54) is 0 Å². The first-order valence-electron chi connectivity index (χ1n) is 6.63. The van der Waals surface area contributed by atoms with E-state index < -0.39 is 58.0 Å². The number of aliphatic hydroxyl groups is 1. The summed E-state index contributed by atoms with van der Waals surface area (Å²) in [5.74, 6) is -3.18. The van der Waals surface area contributed by atoms with Crippen LogP contribution < -0.4 is 0 Å². The summed E-state index contributed by atoms with van der Waals surface area (Å²) in [6.45, 7) is 1.46. The van der Waals surface area contributed by atoms with Crippen molar-refractivity contribution in [3.05, 3.63) is 35.4 Å². The zero-order valence-electron chi connectivity index (χ0n) is 12.9. The largest absolute Gasteiger partial charge is 0.462 e. The summed E-state index contributed by atoms with van der Waals surface area (Å²) >= 11 is 0. The summed E-state index contributed by atoms with van der Waals surface area (Å²) in [4.78, 5) is 11.5. The van der Waals surface area contributed by atoms with Crippen molar-refractivity contribution in [1.82, 2.24) is 0 Å². The van der Waals surface area contributed by atoms with Gasteiger partial charge in [0.25, 0.3) is 10.1 Å². The van der Waals surface area contributed by atoms with Gasteiger partial charge in [0, 0.05) is 11.6 Å². The molecule has 0 radical (unpaired) electrons. The van der Waals surface area contributed by atoms with E-state index in [1.807, 2.05) is 0 Å². The molecule has 9 heteroatoms. The lowest BCUT2D eigenvalue weighted by molar-refractivity contribution is -0.158. The fourth-order valence-corrected chi connectivity index (χ4v) is 2.03. The minimum absolute atomic E-state index is 0.445. The standard InChI is InChI=1S/C14H18F2O6S/c1-9(2)13(17)21-7-14(18,8-22-23(3,19)20)11-5-4-10(15)6-12(11)16/h4-6,9,18H,7-8H2,1-3H3/t14-/m0/s1. The van der Waals surface area contributed by atoms with Crippen LogP contribution >= 0.6 is 0 Å². The van der Waals surface area contributed by atoms with Crippen molar-refractivity contribution in [2.75, 3.05) is 19.5 Å². The van der Waals surface area contributed by atoms with E-state index in [0.29, 0.717) is 6.07 Å². The third-order valence-corrected chi connectivity index (χ3v) is 3.41. The lowest BCUT2D eigenvalue weighted by Crippen LogP contribution is -2.39. The van der Waals surface area contributed by atoms with Crippen molar-refractivity contribution >= 4 is 16.1 Å². The van der Waals surface area contributed by atoms with Gasteiger partial charge in [0.15, 0.2) is 5.60 Å². The van der Waals surface area contributed by atoms with Gasteiger partial charge < -0.3 is 9.84 Å². The Morgan fingerprint density at radius 2 is 1.91 bits per heavy atom. The highest BCUT2D eigenvalue weighted by Gasteiger charge is 2.36. The first-order chi connectivity index (χ1) is 10.4. The lowest BCUT2D eigenvalue weighted by atomic mass is 9.95. The van der Waals surface area contributed by atoms with E-state index in [-0.39, 0.29) is 0 Å². The number of ether oxygens (including phenoxy) is 1. The minimum atomic E-state index is -3.94. The quantitative estimate of drug-likeness (QED) is 0.588. The van der Waals surface area contributed by atoms with Gasteiger partial charge >= 0.3 is 5.97 Å². The summed E-state index contributed by atoms with van der Waals surface area (Å²) in [6.07, 6.45) is 0.745. The Bertz CT molecular complexity index is 674. The number of hydrogen-bond donors (Lipinski definition) is 1. The van der Waals surface area contributed by atoms with Gasteiger partial charge in [-0.3, -0.25) is 8.98 Å². The average molecular weight is 352 g/mol. The monoisotopic (exact) mass is 352 g/mol. The zero-order valence-corrected chi connectivity index (χ0v) is 13.7. The van der Waals surface area contributed by atoms with Crippen LogP contribution in [0.5, 0.6) is 0 Å². The maximum absolute atomic E-state index is 13.9. The summed E-state index contributed by atoms with van der Waals surface area (Å²) < 4.78 is 58.4. The summed E-state index contributed by atoms with van der Waals surface area (Å²) in [5, 5.41) is 10.5. The lowest BCUT2D eigenvalue weighted by Gasteiger charge is -2.28. The molecule has 0 aliphatic heterocycles. The van der Waals surface area contributed by atoms with Gasteiger partial charge in [-0.1, -0.05) is 19.9 Å². The summed E-state index contributed by atoms with van der Waals surface area (Å²) in [5.41, 5.74) is -2.73. The van der Waals surface area contributed by atoms with Crippen molar-refractivity contribution in [2.24, 2.45) is 5.92 Å². The molecule has 1 atom stereocenters. The van der Waals surface area contributed by atoms with Crippen LogP contribution in [-0.4, -0.2) is 39.0 Å². The molecule has 0 amide bonds. The van der Waals surface area contributed by atoms with Crippen molar-refractivity contribution in [1.29, 1.82) is 0 Å². The van der Waals surface area contributed by atoms with E-state index in [4.69, 9.17) is 4.74 Å². The van der Waals surface area contributed by atoms with Gasteiger partial charge in [0.2, 0.25) is 0 Å². The van der Waals surface area contributed by atoms with Crippen LogP contribution in [-0.2, 0) is 29.4 Å². The van der Waals surface area contributed by atoms with Crippen molar-refractivity contribution < 1.29 is 36.0 Å². The first kappa shape index (κ1) is 19.5. The molecular formula is C14H18F2O6S. The maximum Gasteiger partial charge on any atom is 0.308 e. The third kappa shape index (κ3) is 5.85. The molecule has 1 rings (SSSR count). The Morgan fingerprint density at radius 3 is 2.39 bits per heavy atom. The molecule has 0 spiro atoms. The molecule has 0 aliphatic rings. The van der Waals surface area contributed by atoms with E-state index in [9.17, 15) is 27.1 Å². The van der Waals surface area contributed by atoms with Gasteiger partial charge in [0.1, 0.15) is 24.8 Å². The van der Waals surface area contributed by atoms with Crippen LogP contribution in [0.15, 0.2) is 18.2 Å². The summed E-state index contributed by atoms with van der Waals surface area (Å²) in [7, 11) is -3.94. The number of carbonyl (C=O) groups is 1. The topological polar surface area (TPSA) is 89.9 Å². The Labute approximate surface area is 133 Å². The molecule has 0 saturated heterocycles. The molecule has 0 bridgehead atoms. The van der Waals surface area contributed by atoms with Gasteiger partial charge in [-0.25, -0.2) is 8.78 Å². The molecule has 23 heavy (non-hydrogen) atoms. The van der Waals surface area contributed by atoms with Crippen LogP contribution in [0.2, 0.25) is 0 Å². The number of halogens is 2. The van der Waals surface area contributed by atoms with Gasteiger partial charge in [-0.2, -0.15) is 8.42 Å². The molecule has 0 heterocycles. The molecule has 130 valence electrons. The van der Waals surface area contributed by atoms with E-state index >= 15 is 0 Å². The third-order valence-electron chi connectivity index (χ3n) is 2.87. The number of benzene rings is 1. The normalized spacial score (nSPS) is 14.6. The number of esters is 1. The molecule has 0 fully saturated rings. The highest BCUT2D eigenvalue weighted by atomic mass is 32.2. The van der Waals surface area contributed by atoms with Gasteiger partial charge in [0.05, 0.1) is 12.2 Å². The maximum atomic E-state index is 13.9. The van der Waals surface area contributed by atoms with E-state index in [0.717, 1.165) is 18.4 Å². The highest BCUT2D eigenvalue weighted by molar-refractivity contribution is 7.85. The SMILES string of the molecule is CC(C)C(=O)OC[C@](O)(COS(C)(=O)=O)c1ccc(F)cc1F.